The molecule has 1 saturated carbocycles. The van der Waals surface area contributed by atoms with Crippen LogP contribution in [0, 0.1) is 17.8 Å². The lowest BCUT2D eigenvalue weighted by atomic mass is 9.78. The summed E-state index contributed by atoms with van der Waals surface area (Å²) < 4.78 is 0. The number of rotatable bonds is 6. The molecular formula is C29H42ClN3O. The number of piperidine rings is 2. The second-order valence-electron chi connectivity index (χ2n) is 12.1. The molecule has 0 spiro atoms. The molecule has 5 fully saturated rings. The van der Waals surface area contributed by atoms with Gasteiger partial charge in [0, 0.05) is 37.6 Å². The van der Waals surface area contributed by atoms with E-state index in [0.29, 0.717) is 34.5 Å². The Labute approximate surface area is 210 Å². The number of fused-ring (bicyclic) bond motifs is 4. The fourth-order valence-electron chi connectivity index (χ4n) is 8.14. The van der Waals surface area contributed by atoms with Crippen molar-refractivity contribution in [3.05, 3.63) is 34.3 Å². The monoisotopic (exact) mass is 483 g/mol. The van der Waals surface area contributed by atoms with Crippen molar-refractivity contribution in [2.75, 3.05) is 32.7 Å². The number of nitrogens with one attached hydrogen (secondary N) is 1. The van der Waals surface area contributed by atoms with Crippen LogP contribution in [0.1, 0.15) is 92.5 Å². The van der Waals surface area contributed by atoms with Crippen LogP contribution in [-0.2, 0) is 0 Å². The second kappa shape index (κ2) is 10.1. The van der Waals surface area contributed by atoms with Gasteiger partial charge in [0.15, 0.2) is 0 Å². The Morgan fingerprint density at radius 3 is 2.09 bits per heavy atom. The summed E-state index contributed by atoms with van der Waals surface area (Å²) in [6.45, 7) is 5.85. The van der Waals surface area contributed by atoms with Crippen molar-refractivity contribution in [1.29, 1.82) is 0 Å². The van der Waals surface area contributed by atoms with Crippen molar-refractivity contribution < 1.29 is 4.79 Å². The third-order valence-electron chi connectivity index (χ3n) is 9.95. The van der Waals surface area contributed by atoms with Gasteiger partial charge in [0.2, 0.25) is 0 Å². The topological polar surface area (TPSA) is 35.6 Å². The molecule has 4 aliphatic heterocycles. The van der Waals surface area contributed by atoms with Crippen molar-refractivity contribution in [3.8, 4) is 0 Å². The first-order chi connectivity index (χ1) is 16.7. The zero-order valence-corrected chi connectivity index (χ0v) is 21.4. The predicted molar refractivity (Wildman–Crippen MR) is 139 cm³/mol. The molecule has 6 unspecified atom stereocenters. The smallest absolute Gasteiger partial charge is 0.252 e. The number of hydrogen-bond acceptors (Lipinski definition) is 3. The number of nitrogens with zero attached hydrogens (tertiary/aromatic N) is 2. The number of benzene rings is 1. The van der Waals surface area contributed by atoms with Gasteiger partial charge in [0.1, 0.15) is 0 Å². The maximum atomic E-state index is 13.3. The van der Waals surface area contributed by atoms with E-state index < -0.39 is 0 Å². The van der Waals surface area contributed by atoms with Crippen molar-refractivity contribution in [2.45, 2.75) is 88.6 Å². The summed E-state index contributed by atoms with van der Waals surface area (Å²) >= 11 is 6.63. The van der Waals surface area contributed by atoms with Crippen LogP contribution >= 0.6 is 11.6 Å². The number of hydrogen-bond donors (Lipinski definition) is 1. The molecule has 1 amide bonds. The summed E-state index contributed by atoms with van der Waals surface area (Å²) in [5.41, 5.74) is 2.03. The molecule has 6 rings (SSSR count). The van der Waals surface area contributed by atoms with E-state index in [1.165, 1.54) is 102 Å². The van der Waals surface area contributed by atoms with E-state index in [2.05, 4.69) is 27.2 Å². The summed E-state index contributed by atoms with van der Waals surface area (Å²) in [5.74, 6) is 2.88. The molecule has 5 aliphatic rings. The highest BCUT2D eigenvalue weighted by atomic mass is 35.5. The van der Waals surface area contributed by atoms with Crippen molar-refractivity contribution in [1.82, 2.24) is 15.1 Å². The number of amides is 1. The largest absolute Gasteiger partial charge is 0.352 e. The van der Waals surface area contributed by atoms with Gasteiger partial charge in [-0.25, -0.2) is 0 Å². The third-order valence-corrected chi connectivity index (χ3v) is 10.3. The van der Waals surface area contributed by atoms with Gasteiger partial charge >= 0.3 is 0 Å². The van der Waals surface area contributed by atoms with Crippen LogP contribution in [0.5, 0.6) is 0 Å². The minimum absolute atomic E-state index is 0.0224. The molecule has 0 aromatic heterocycles. The molecular weight excluding hydrogens is 442 g/mol. The molecule has 5 heteroatoms. The number of carbonyl (C=O) groups excluding carboxylic acids is 1. The van der Waals surface area contributed by atoms with Crippen molar-refractivity contribution >= 4 is 17.5 Å². The second-order valence-corrected chi connectivity index (χ2v) is 12.5. The molecule has 4 heterocycles. The first-order valence-electron chi connectivity index (χ1n) is 14.2. The van der Waals surface area contributed by atoms with Gasteiger partial charge in [0.05, 0.1) is 10.6 Å². The first-order valence-corrected chi connectivity index (χ1v) is 14.6. The number of halogens is 1. The molecule has 1 N–H and O–H groups in total. The predicted octanol–water partition coefficient (Wildman–Crippen LogP) is 5.70. The van der Waals surface area contributed by atoms with E-state index in [4.69, 9.17) is 11.6 Å². The van der Waals surface area contributed by atoms with Gasteiger partial charge in [0.25, 0.3) is 5.91 Å². The molecule has 6 atom stereocenters. The summed E-state index contributed by atoms with van der Waals surface area (Å²) in [5, 5.41) is 3.87. The van der Waals surface area contributed by atoms with Gasteiger partial charge in [-0.1, -0.05) is 49.8 Å². The van der Waals surface area contributed by atoms with E-state index >= 15 is 0 Å². The van der Waals surface area contributed by atoms with Gasteiger partial charge in [-0.3, -0.25) is 14.6 Å². The maximum absolute atomic E-state index is 13.3. The van der Waals surface area contributed by atoms with Crippen LogP contribution in [0.4, 0.5) is 0 Å². The Bertz CT molecular complexity index is 854. The summed E-state index contributed by atoms with van der Waals surface area (Å²) in [7, 11) is 0. The molecule has 1 aliphatic carbocycles. The average Bonchev–Trinajstić information content (AvgIpc) is 3.62. The Morgan fingerprint density at radius 2 is 1.53 bits per heavy atom. The summed E-state index contributed by atoms with van der Waals surface area (Å²) in [6.07, 6.45) is 14.5. The van der Waals surface area contributed by atoms with Crippen LogP contribution in [0.3, 0.4) is 0 Å². The van der Waals surface area contributed by atoms with E-state index in [1.54, 1.807) is 0 Å². The lowest BCUT2D eigenvalue weighted by Crippen LogP contribution is -2.45. The quantitative estimate of drug-likeness (QED) is 0.563. The maximum Gasteiger partial charge on any atom is 0.252 e. The molecule has 4 nitrogen and oxygen atoms in total. The highest BCUT2D eigenvalue weighted by Crippen LogP contribution is 2.47. The summed E-state index contributed by atoms with van der Waals surface area (Å²) in [4.78, 5) is 18.8. The van der Waals surface area contributed by atoms with Crippen LogP contribution < -0.4 is 5.32 Å². The lowest BCUT2D eigenvalue weighted by molar-refractivity contribution is 0.0944. The normalized spacial score (nSPS) is 36.4. The fraction of sp³-hybridized carbons (Fsp3) is 0.759. The Hall–Kier alpha value is -1.10. The van der Waals surface area contributed by atoms with Crippen LogP contribution in [0.15, 0.2) is 18.2 Å². The SMILES string of the molecule is O=C(NCC1CCCCCCC1)c1cc(C(C2CC3CCN2C3)C2CC3CCN2C3)ccc1Cl. The van der Waals surface area contributed by atoms with Crippen molar-refractivity contribution in [3.63, 3.8) is 0 Å². The first kappa shape index (κ1) is 23.3. The molecule has 1 aromatic carbocycles. The van der Waals surface area contributed by atoms with Gasteiger partial charge in [-0.15, -0.1) is 0 Å². The van der Waals surface area contributed by atoms with E-state index in [0.717, 1.165) is 18.4 Å². The minimum Gasteiger partial charge on any atom is -0.352 e. The molecule has 0 radical (unpaired) electrons. The molecule has 1 aromatic rings. The minimum atomic E-state index is 0.0224. The molecule has 34 heavy (non-hydrogen) atoms. The summed E-state index contributed by atoms with van der Waals surface area (Å²) in [6, 6.07) is 7.64. The van der Waals surface area contributed by atoms with Crippen LogP contribution in [-0.4, -0.2) is 60.5 Å². The highest BCUT2D eigenvalue weighted by molar-refractivity contribution is 6.33. The highest BCUT2D eigenvalue weighted by Gasteiger charge is 2.49. The molecule has 4 bridgehead atoms. The molecule has 186 valence electrons. The van der Waals surface area contributed by atoms with Crippen molar-refractivity contribution in [2.24, 2.45) is 17.8 Å². The van der Waals surface area contributed by atoms with Gasteiger partial charge in [-0.2, -0.15) is 0 Å². The number of carbonyl (C=O) groups is 1. The third kappa shape index (κ3) is 4.67. The van der Waals surface area contributed by atoms with Crippen LogP contribution in [0.25, 0.3) is 0 Å². The fourth-order valence-corrected chi connectivity index (χ4v) is 8.35. The van der Waals surface area contributed by atoms with Gasteiger partial charge < -0.3 is 5.32 Å². The molecule has 4 saturated heterocycles. The van der Waals surface area contributed by atoms with E-state index in [1.807, 2.05) is 6.07 Å². The van der Waals surface area contributed by atoms with E-state index in [-0.39, 0.29) is 5.91 Å². The van der Waals surface area contributed by atoms with E-state index in [9.17, 15) is 4.79 Å². The zero-order chi connectivity index (χ0) is 23.1. The Morgan fingerprint density at radius 1 is 0.912 bits per heavy atom. The van der Waals surface area contributed by atoms with Gasteiger partial charge in [-0.05, 0) is 87.1 Å². The standard InChI is InChI=1S/C29H42ClN3O/c30-25-9-8-23(16-24(25)29(34)31-17-20-6-4-2-1-3-5-7-20)28(26-14-21-10-12-32(26)18-21)27-15-22-11-13-33(27)19-22/h8-9,16,20-22,26-28H,1-7,10-15,17-19H2,(H,31,34). The average molecular weight is 484 g/mol. The lowest BCUT2D eigenvalue weighted by Gasteiger charge is -2.41. The zero-order valence-electron chi connectivity index (χ0n) is 20.7. The Kier molecular flexibility index (Phi) is 6.93. The Balaban J connectivity index is 1.21. The van der Waals surface area contributed by atoms with Crippen LogP contribution in [0.2, 0.25) is 5.02 Å².